The highest BCUT2D eigenvalue weighted by atomic mass is 16.5. The molecule has 0 fully saturated rings. The van der Waals surface area contributed by atoms with Gasteiger partial charge in [0.05, 0.1) is 12.2 Å². The van der Waals surface area contributed by atoms with E-state index in [1.807, 2.05) is 19.1 Å². The lowest BCUT2D eigenvalue weighted by Gasteiger charge is -2.13. The molecule has 106 valence electrons. The number of nitrogens with two attached hydrogens (primary N) is 1. The van der Waals surface area contributed by atoms with Crippen LogP contribution in [0.1, 0.15) is 17.5 Å². The van der Waals surface area contributed by atoms with Crippen LogP contribution in [0.3, 0.4) is 0 Å². The number of hydrogen-bond donors (Lipinski definition) is 2. The van der Waals surface area contributed by atoms with Gasteiger partial charge in [-0.25, -0.2) is 0 Å². The Morgan fingerprint density at radius 1 is 1.21 bits per heavy atom. The number of aryl methyl sites for hydroxylation is 1. The molecule has 1 aromatic rings. The Bertz CT molecular complexity index is 408. The van der Waals surface area contributed by atoms with Crippen LogP contribution in [0.2, 0.25) is 0 Å². The number of nitrogen functional groups attached to an aromatic ring is 1. The standard InChI is InChI=1S/C14H22N2O3/c1-11-5-3-6-12(14(15)16)13(11)19-10-9-18-8-4-7-17-2/h3,5-6H,4,7-10H2,1-2H3,(H3,15,16). The van der Waals surface area contributed by atoms with Gasteiger partial charge in [0.25, 0.3) is 0 Å². The molecule has 0 spiro atoms. The van der Waals surface area contributed by atoms with E-state index < -0.39 is 0 Å². The first kappa shape index (κ1) is 15.5. The molecule has 0 saturated heterocycles. The highest BCUT2D eigenvalue weighted by Crippen LogP contribution is 2.22. The van der Waals surface area contributed by atoms with Crippen LogP contribution < -0.4 is 10.5 Å². The first-order valence-corrected chi connectivity index (χ1v) is 6.30. The first-order chi connectivity index (χ1) is 9.16. The molecular weight excluding hydrogens is 244 g/mol. The molecule has 0 atom stereocenters. The molecule has 1 aromatic carbocycles. The van der Waals surface area contributed by atoms with E-state index in [1.54, 1.807) is 13.2 Å². The van der Waals surface area contributed by atoms with E-state index in [-0.39, 0.29) is 5.84 Å². The molecule has 0 amide bonds. The van der Waals surface area contributed by atoms with Crippen molar-refractivity contribution in [3.05, 3.63) is 29.3 Å². The minimum absolute atomic E-state index is 0.0136. The lowest BCUT2D eigenvalue weighted by Crippen LogP contribution is -2.15. The Kier molecular flexibility index (Phi) is 6.92. The van der Waals surface area contributed by atoms with Crippen LogP contribution in [-0.2, 0) is 9.47 Å². The highest BCUT2D eigenvalue weighted by Gasteiger charge is 2.08. The molecule has 0 aliphatic rings. The van der Waals surface area contributed by atoms with Crippen molar-refractivity contribution in [2.75, 3.05) is 33.5 Å². The third-order valence-electron chi connectivity index (χ3n) is 2.61. The SMILES string of the molecule is COCCCOCCOc1c(C)cccc1C(=N)N. The normalized spacial score (nSPS) is 10.4. The number of methoxy groups -OCH3 is 1. The van der Waals surface area contributed by atoms with E-state index in [2.05, 4.69) is 0 Å². The molecule has 0 radical (unpaired) electrons. The van der Waals surface area contributed by atoms with E-state index in [4.69, 9.17) is 25.4 Å². The van der Waals surface area contributed by atoms with Gasteiger partial charge in [-0.1, -0.05) is 12.1 Å². The number of amidine groups is 1. The molecular formula is C14H22N2O3. The van der Waals surface area contributed by atoms with E-state index >= 15 is 0 Å². The number of rotatable bonds is 9. The van der Waals surface area contributed by atoms with Crippen LogP contribution in [0.25, 0.3) is 0 Å². The summed E-state index contributed by atoms with van der Waals surface area (Å²) in [5.41, 5.74) is 7.12. The molecule has 0 aliphatic carbocycles. The Labute approximate surface area is 114 Å². The molecule has 19 heavy (non-hydrogen) atoms. The molecule has 0 bridgehead atoms. The Balaban J connectivity index is 2.38. The van der Waals surface area contributed by atoms with E-state index in [0.717, 1.165) is 12.0 Å². The first-order valence-electron chi connectivity index (χ1n) is 6.30. The van der Waals surface area contributed by atoms with Crippen LogP contribution in [0.4, 0.5) is 0 Å². The molecule has 0 aromatic heterocycles. The quantitative estimate of drug-likeness (QED) is 0.405. The van der Waals surface area contributed by atoms with Gasteiger partial charge in [0.2, 0.25) is 0 Å². The smallest absolute Gasteiger partial charge is 0.133 e. The van der Waals surface area contributed by atoms with Gasteiger partial charge in [-0.15, -0.1) is 0 Å². The largest absolute Gasteiger partial charge is 0.490 e. The van der Waals surface area contributed by atoms with E-state index in [1.165, 1.54) is 0 Å². The number of benzene rings is 1. The zero-order chi connectivity index (χ0) is 14.1. The van der Waals surface area contributed by atoms with Crippen LogP contribution in [0.5, 0.6) is 5.75 Å². The van der Waals surface area contributed by atoms with Crippen LogP contribution in [0, 0.1) is 12.3 Å². The predicted molar refractivity (Wildman–Crippen MR) is 75.0 cm³/mol. The average molecular weight is 266 g/mol. The van der Waals surface area contributed by atoms with Gasteiger partial charge in [0.15, 0.2) is 0 Å². The molecule has 5 heteroatoms. The fraction of sp³-hybridized carbons (Fsp3) is 0.500. The topological polar surface area (TPSA) is 77.6 Å². The van der Waals surface area contributed by atoms with Crippen molar-refractivity contribution >= 4 is 5.84 Å². The summed E-state index contributed by atoms with van der Waals surface area (Å²) in [6.45, 7) is 4.24. The third kappa shape index (κ3) is 5.28. The fourth-order valence-corrected chi connectivity index (χ4v) is 1.67. The van der Waals surface area contributed by atoms with Gasteiger partial charge in [0.1, 0.15) is 18.2 Å². The minimum Gasteiger partial charge on any atom is -0.490 e. The zero-order valence-corrected chi connectivity index (χ0v) is 11.6. The summed E-state index contributed by atoms with van der Waals surface area (Å²) in [5, 5.41) is 7.52. The van der Waals surface area contributed by atoms with Gasteiger partial charge in [-0.2, -0.15) is 0 Å². The van der Waals surface area contributed by atoms with Crippen molar-refractivity contribution in [2.45, 2.75) is 13.3 Å². The number of ether oxygens (including phenoxy) is 3. The third-order valence-corrected chi connectivity index (χ3v) is 2.61. The summed E-state index contributed by atoms with van der Waals surface area (Å²) < 4.78 is 16.0. The number of nitrogens with one attached hydrogen (secondary N) is 1. The molecule has 0 unspecified atom stereocenters. The second-order valence-electron chi connectivity index (χ2n) is 4.17. The Morgan fingerprint density at radius 2 is 2.00 bits per heavy atom. The zero-order valence-electron chi connectivity index (χ0n) is 11.6. The van der Waals surface area contributed by atoms with Crippen molar-refractivity contribution in [1.29, 1.82) is 5.41 Å². The van der Waals surface area contributed by atoms with Crippen LogP contribution in [0.15, 0.2) is 18.2 Å². The summed E-state index contributed by atoms with van der Waals surface area (Å²) >= 11 is 0. The van der Waals surface area contributed by atoms with Crippen molar-refractivity contribution in [1.82, 2.24) is 0 Å². The van der Waals surface area contributed by atoms with Gasteiger partial charge in [-0.05, 0) is 25.0 Å². The lowest BCUT2D eigenvalue weighted by atomic mass is 10.1. The summed E-state index contributed by atoms with van der Waals surface area (Å²) in [6.07, 6.45) is 0.875. The van der Waals surface area contributed by atoms with Crippen molar-refractivity contribution in [2.24, 2.45) is 5.73 Å². The maximum atomic E-state index is 7.52. The van der Waals surface area contributed by atoms with Crippen molar-refractivity contribution < 1.29 is 14.2 Å². The summed E-state index contributed by atoms with van der Waals surface area (Å²) in [7, 11) is 1.67. The monoisotopic (exact) mass is 266 g/mol. The van der Waals surface area contributed by atoms with Gasteiger partial charge < -0.3 is 19.9 Å². The maximum absolute atomic E-state index is 7.52. The molecule has 0 heterocycles. The van der Waals surface area contributed by atoms with Gasteiger partial charge in [-0.3, -0.25) is 5.41 Å². The molecule has 3 N–H and O–H groups in total. The second-order valence-corrected chi connectivity index (χ2v) is 4.17. The molecule has 1 rings (SSSR count). The van der Waals surface area contributed by atoms with E-state index in [0.29, 0.717) is 37.7 Å². The average Bonchev–Trinajstić information content (AvgIpc) is 2.39. The summed E-state index contributed by atoms with van der Waals surface area (Å²) in [5.74, 6) is 0.676. The highest BCUT2D eigenvalue weighted by molar-refractivity contribution is 5.98. The molecule has 5 nitrogen and oxygen atoms in total. The Morgan fingerprint density at radius 3 is 2.68 bits per heavy atom. The summed E-state index contributed by atoms with van der Waals surface area (Å²) in [6, 6.07) is 5.57. The minimum atomic E-state index is 0.0136. The lowest BCUT2D eigenvalue weighted by molar-refractivity contribution is 0.0804. The van der Waals surface area contributed by atoms with Gasteiger partial charge >= 0.3 is 0 Å². The number of hydrogen-bond acceptors (Lipinski definition) is 4. The van der Waals surface area contributed by atoms with E-state index in [9.17, 15) is 0 Å². The Hall–Kier alpha value is -1.59. The predicted octanol–water partition coefficient (Wildman–Crippen LogP) is 1.71. The fourth-order valence-electron chi connectivity index (χ4n) is 1.67. The van der Waals surface area contributed by atoms with Crippen LogP contribution in [-0.4, -0.2) is 39.4 Å². The van der Waals surface area contributed by atoms with Gasteiger partial charge in [0, 0.05) is 20.3 Å². The van der Waals surface area contributed by atoms with Crippen LogP contribution >= 0.6 is 0 Å². The van der Waals surface area contributed by atoms with Crippen molar-refractivity contribution in [3.8, 4) is 5.75 Å². The molecule has 0 aliphatic heterocycles. The molecule has 0 saturated carbocycles. The second kappa shape index (κ2) is 8.50. The van der Waals surface area contributed by atoms with Crippen molar-refractivity contribution in [3.63, 3.8) is 0 Å². The maximum Gasteiger partial charge on any atom is 0.133 e. The summed E-state index contributed by atoms with van der Waals surface area (Å²) in [4.78, 5) is 0. The number of para-hydroxylation sites is 1.